The van der Waals surface area contributed by atoms with Crippen molar-refractivity contribution in [2.75, 3.05) is 31.0 Å². The molecule has 3 N–H and O–H groups in total. The summed E-state index contributed by atoms with van der Waals surface area (Å²) in [6, 6.07) is 9.37. The first kappa shape index (κ1) is 26.2. The summed E-state index contributed by atoms with van der Waals surface area (Å²) in [5.41, 5.74) is 1.67. The first-order valence-electron chi connectivity index (χ1n) is 11.6. The number of H-pyrrole nitrogens is 1. The van der Waals surface area contributed by atoms with Crippen LogP contribution in [0.5, 0.6) is 5.88 Å². The molecule has 0 aliphatic carbocycles. The van der Waals surface area contributed by atoms with Gasteiger partial charge in [0.25, 0.3) is 10.0 Å². The average Bonchev–Trinajstić information content (AvgIpc) is 3.42. The van der Waals surface area contributed by atoms with E-state index in [1.807, 2.05) is 0 Å². The normalized spacial score (nSPS) is 18.2. The van der Waals surface area contributed by atoms with Crippen LogP contribution in [0.3, 0.4) is 0 Å². The molecule has 0 unspecified atom stereocenters. The summed E-state index contributed by atoms with van der Waals surface area (Å²) < 4.78 is 62.4. The monoisotopic (exact) mass is 564 g/mol. The van der Waals surface area contributed by atoms with Crippen molar-refractivity contribution in [3.63, 3.8) is 0 Å². The number of nitrogens with zero attached hydrogens (tertiary/aromatic N) is 4. The van der Waals surface area contributed by atoms with Gasteiger partial charge < -0.3 is 9.84 Å². The van der Waals surface area contributed by atoms with E-state index in [0.29, 0.717) is 35.4 Å². The Morgan fingerprint density at radius 2 is 1.97 bits per heavy atom. The van der Waals surface area contributed by atoms with E-state index in [-0.39, 0.29) is 35.6 Å². The highest BCUT2D eigenvalue weighted by atomic mass is 35.5. The Labute approximate surface area is 221 Å². The molecule has 2 aromatic heterocycles. The Bertz CT molecular complexity index is 1590. The van der Waals surface area contributed by atoms with E-state index < -0.39 is 33.0 Å². The third kappa shape index (κ3) is 5.27. The Morgan fingerprint density at radius 1 is 1.21 bits per heavy atom. The molecule has 5 rings (SSSR count). The molecule has 200 valence electrons. The summed E-state index contributed by atoms with van der Waals surface area (Å²) in [5, 5.41) is 16.8. The van der Waals surface area contributed by atoms with Crippen molar-refractivity contribution < 1.29 is 27.0 Å². The molecule has 2 atom stereocenters. The van der Waals surface area contributed by atoms with Gasteiger partial charge in [0.05, 0.1) is 12.3 Å². The van der Waals surface area contributed by atoms with Crippen LogP contribution in [0.1, 0.15) is 5.69 Å². The van der Waals surface area contributed by atoms with Gasteiger partial charge in [-0.3, -0.25) is 14.7 Å². The van der Waals surface area contributed by atoms with Crippen LogP contribution in [0, 0.1) is 12.7 Å². The lowest BCUT2D eigenvalue weighted by atomic mass is 10.2. The molecular weight excluding hydrogens is 542 g/mol. The second-order valence-electron chi connectivity index (χ2n) is 8.80. The minimum absolute atomic E-state index is 0.0810. The van der Waals surface area contributed by atoms with E-state index in [9.17, 15) is 17.2 Å². The summed E-state index contributed by atoms with van der Waals surface area (Å²) in [5.74, 6) is -0.525. The van der Waals surface area contributed by atoms with Crippen LogP contribution in [-0.4, -0.2) is 77.1 Å². The molecule has 1 aliphatic heterocycles. The van der Waals surface area contributed by atoms with Gasteiger partial charge in [0, 0.05) is 35.9 Å². The number of likely N-dealkylation sites (tertiary alicyclic amines) is 1. The van der Waals surface area contributed by atoms with Crippen molar-refractivity contribution in [3.05, 3.63) is 59.0 Å². The predicted octanol–water partition coefficient (Wildman–Crippen LogP) is 3.32. The van der Waals surface area contributed by atoms with Crippen molar-refractivity contribution in [1.29, 1.82) is 0 Å². The fourth-order valence-corrected chi connectivity index (χ4v) is 5.62. The number of aliphatic hydroxyl groups is 1. The zero-order chi connectivity index (χ0) is 27.0. The number of benzene rings is 2. The summed E-state index contributed by atoms with van der Waals surface area (Å²) in [6.45, 7) is 2.45. The molecule has 0 saturated carbocycles. The highest BCUT2D eigenvalue weighted by Gasteiger charge is 2.35. The van der Waals surface area contributed by atoms with Crippen molar-refractivity contribution in [2.45, 2.75) is 24.1 Å². The fourth-order valence-electron chi connectivity index (χ4n) is 4.22. The third-order valence-corrected chi connectivity index (χ3v) is 7.73. The first-order valence-corrected chi connectivity index (χ1v) is 13.5. The van der Waals surface area contributed by atoms with Gasteiger partial charge in [-0.05, 0) is 49.4 Å². The zero-order valence-electron chi connectivity index (χ0n) is 20.0. The minimum atomic E-state index is -4.23. The number of hydrogen-bond donors (Lipinski definition) is 3. The van der Waals surface area contributed by atoms with E-state index in [4.69, 9.17) is 21.4 Å². The molecule has 10 nitrogen and oxygen atoms in total. The summed E-state index contributed by atoms with van der Waals surface area (Å²) >= 11 is 5.83. The van der Waals surface area contributed by atoms with Crippen LogP contribution in [0.25, 0.3) is 22.4 Å². The number of halogens is 3. The lowest BCUT2D eigenvalue weighted by Crippen LogP contribution is -2.29. The summed E-state index contributed by atoms with van der Waals surface area (Å²) in [4.78, 5) is 10.2. The van der Waals surface area contributed by atoms with E-state index in [1.165, 1.54) is 18.2 Å². The van der Waals surface area contributed by atoms with Gasteiger partial charge in [-0.1, -0.05) is 11.6 Å². The number of aromatic nitrogens is 4. The molecule has 14 heteroatoms. The number of aryl methyl sites for hydroxylation is 1. The molecule has 0 amide bonds. The highest BCUT2D eigenvalue weighted by molar-refractivity contribution is 7.92. The number of hydrogen-bond acceptors (Lipinski definition) is 8. The highest BCUT2D eigenvalue weighted by Crippen LogP contribution is 2.31. The molecule has 4 aromatic rings. The van der Waals surface area contributed by atoms with Crippen molar-refractivity contribution >= 4 is 38.3 Å². The van der Waals surface area contributed by atoms with Gasteiger partial charge >= 0.3 is 0 Å². The third-order valence-electron chi connectivity index (χ3n) is 6.10. The summed E-state index contributed by atoms with van der Waals surface area (Å²) in [6.07, 6.45) is -2.05. The average molecular weight is 565 g/mol. The second-order valence-corrected chi connectivity index (χ2v) is 10.9. The molecule has 0 spiro atoms. The topological polar surface area (TPSA) is 133 Å². The largest absolute Gasteiger partial charge is 0.469 e. The molecular formula is C24H23ClF2N6O4S. The van der Waals surface area contributed by atoms with Gasteiger partial charge in [0.15, 0.2) is 17.6 Å². The van der Waals surface area contributed by atoms with Crippen LogP contribution >= 0.6 is 11.6 Å². The summed E-state index contributed by atoms with van der Waals surface area (Å²) in [7, 11) is -4.23. The fraction of sp³-hybridized carbons (Fsp3) is 0.292. The van der Waals surface area contributed by atoms with Crippen LogP contribution in [0.2, 0.25) is 5.02 Å². The number of rotatable bonds is 8. The standard InChI is InChI=1S/C24H23ClF2N6O4S/c1-13-21-23(31-30-13)28-22(29-24(21)37-19-12-33(8-9-34)11-18(19)27)14-2-5-16(6-3-14)32-38(35,36)20-10-15(25)4-7-17(20)26/h2-7,10,18-19,32,34H,8-9,11-12H2,1H3,(H,28,29,30,31)/t18-,19+/m0/s1. The van der Waals surface area contributed by atoms with Crippen LogP contribution < -0.4 is 9.46 Å². The number of aliphatic hydroxyl groups excluding tert-OH is 1. The molecule has 38 heavy (non-hydrogen) atoms. The second kappa shape index (κ2) is 10.4. The van der Waals surface area contributed by atoms with E-state index in [2.05, 4.69) is 24.9 Å². The zero-order valence-corrected chi connectivity index (χ0v) is 21.6. The van der Waals surface area contributed by atoms with Crippen molar-refractivity contribution in [3.8, 4) is 17.3 Å². The Hall–Kier alpha value is -3.39. The maximum Gasteiger partial charge on any atom is 0.264 e. The van der Waals surface area contributed by atoms with Gasteiger partial charge in [-0.15, -0.1) is 0 Å². The van der Waals surface area contributed by atoms with Crippen LogP contribution in [0.4, 0.5) is 14.5 Å². The number of sulfonamides is 1. The molecule has 1 saturated heterocycles. The predicted molar refractivity (Wildman–Crippen MR) is 137 cm³/mol. The minimum Gasteiger partial charge on any atom is -0.469 e. The number of alkyl halides is 1. The van der Waals surface area contributed by atoms with Crippen LogP contribution in [-0.2, 0) is 10.0 Å². The van der Waals surface area contributed by atoms with Gasteiger partial charge in [0.2, 0.25) is 5.88 Å². The maximum atomic E-state index is 14.6. The van der Waals surface area contributed by atoms with E-state index in [0.717, 1.165) is 12.1 Å². The Morgan fingerprint density at radius 3 is 2.71 bits per heavy atom. The van der Waals surface area contributed by atoms with Crippen molar-refractivity contribution in [1.82, 2.24) is 25.1 Å². The number of β-amino-alcohol motifs (C(OH)–C–C–N with tert-alkyl or cyclic N) is 1. The molecule has 2 aromatic carbocycles. The Kier molecular flexibility index (Phi) is 7.18. The van der Waals surface area contributed by atoms with Gasteiger partial charge in [0.1, 0.15) is 22.2 Å². The molecule has 3 heterocycles. The lowest BCUT2D eigenvalue weighted by Gasteiger charge is -2.16. The number of fused-ring (bicyclic) bond motifs is 1. The SMILES string of the molecule is Cc1n[nH]c2nc(-c3ccc(NS(=O)(=O)c4cc(Cl)ccc4F)cc3)nc(O[C@@H]3CN(CCO)C[C@@H]3F)c12. The van der Waals surface area contributed by atoms with E-state index in [1.54, 1.807) is 24.0 Å². The maximum absolute atomic E-state index is 14.6. The molecule has 0 bridgehead atoms. The molecule has 1 fully saturated rings. The number of ether oxygens (including phenoxy) is 1. The smallest absolute Gasteiger partial charge is 0.264 e. The van der Waals surface area contributed by atoms with Crippen LogP contribution in [0.15, 0.2) is 47.4 Å². The van der Waals surface area contributed by atoms with E-state index >= 15 is 0 Å². The first-order chi connectivity index (χ1) is 18.1. The quantitative estimate of drug-likeness (QED) is 0.297. The number of anilines is 1. The number of aromatic amines is 1. The molecule has 0 radical (unpaired) electrons. The molecule has 1 aliphatic rings. The lowest BCUT2D eigenvalue weighted by molar-refractivity contribution is 0.134. The van der Waals surface area contributed by atoms with Crippen molar-refractivity contribution in [2.24, 2.45) is 0 Å². The number of nitrogens with one attached hydrogen (secondary N) is 2. The van der Waals surface area contributed by atoms with Gasteiger partial charge in [-0.25, -0.2) is 22.2 Å². The Balaban J connectivity index is 1.42. The van der Waals surface area contributed by atoms with Gasteiger partial charge in [-0.2, -0.15) is 10.1 Å².